The van der Waals surface area contributed by atoms with E-state index in [1.54, 1.807) is 37.5 Å². The largest absolute Gasteiger partial charge is 0.494 e. The second-order valence-electron chi connectivity index (χ2n) is 8.68. The lowest BCUT2D eigenvalue weighted by atomic mass is 10.1. The molecule has 0 aliphatic carbocycles. The Kier molecular flexibility index (Phi) is 6.37. The summed E-state index contributed by atoms with van der Waals surface area (Å²) in [5, 5.41) is 4.67. The van der Waals surface area contributed by atoms with Gasteiger partial charge in [0.25, 0.3) is 11.8 Å². The Labute approximate surface area is 215 Å². The molecule has 1 unspecified atom stereocenters. The van der Waals surface area contributed by atoms with Crippen LogP contribution in [0.2, 0.25) is 0 Å². The Morgan fingerprint density at radius 1 is 1.18 bits per heavy atom. The van der Waals surface area contributed by atoms with Crippen LogP contribution in [0.5, 0.6) is 5.75 Å². The number of nitrogens with zero attached hydrogens (tertiary/aromatic N) is 3. The van der Waals surface area contributed by atoms with Gasteiger partial charge in [-0.2, -0.15) is 0 Å². The van der Waals surface area contributed by atoms with Gasteiger partial charge in [0, 0.05) is 31.4 Å². The van der Waals surface area contributed by atoms with Gasteiger partial charge in [0.05, 0.1) is 18.4 Å². The van der Waals surface area contributed by atoms with Crippen LogP contribution in [0.25, 0.3) is 16.7 Å². The molecule has 3 aromatic rings. The summed E-state index contributed by atoms with van der Waals surface area (Å²) < 4.78 is 24.1. The van der Waals surface area contributed by atoms with Crippen molar-refractivity contribution in [3.05, 3.63) is 76.7 Å². The number of benzene rings is 1. The molecule has 1 saturated heterocycles. The molecule has 3 aliphatic rings. The predicted molar refractivity (Wildman–Crippen MR) is 136 cm³/mol. The number of carbonyl (C=O) groups excluding carboxylic acids is 3. The van der Waals surface area contributed by atoms with E-state index < -0.39 is 23.8 Å². The molecular weight excluding hydrogens is 495 g/mol. The number of furan rings is 1. The molecular formula is C26H23FN6O5. The van der Waals surface area contributed by atoms with Crippen LogP contribution in [0.1, 0.15) is 39.8 Å². The molecule has 1 atom stereocenters. The maximum Gasteiger partial charge on any atom is 0.322 e. The molecule has 11 nitrogen and oxygen atoms in total. The topological polar surface area (TPSA) is 152 Å². The van der Waals surface area contributed by atoms with Gasteiger partial charge in [-0.15, -0.1) is 0 Å². The number of ether oxygens (including phenoxy) is 1. The van der Waals surface area contributed by atoms with E-state index in [1.807, 2.05) is 18.2 Å². The van der Waals surface area contributed by atoms with Gasteiger partial charge in [-0.3, -0.25) is 14.9 Å². The first kappa shape index (κ1) is 24.7. The van der Waals surface area contributed by atoms with E-state index in [4.69, 9.17) is 14.9 Å². The molecule has 3 aliphatic heterocycles. The number of rotatable bonds is 3. The van der Waals surface area contributed by atoms with Gasteiger partial charge in [-0.1, -0.05) is 12.1 Å². The summed E-state index contributed by atoms with van der Waals surface area (Å²) in [7, 11) is 3.03. The quantitative estimate of drug-likeness (QED) is 0.451. The zero-order chi connectivity index (χ0) is 27.0. The van der Waals surface area contributed by atoms with Gasteiger partial charge in [-0.05, 0) is 36.3 Å². The third kappa shape index (κ3) is 4.59. The minimum absolute atomic E-state index is 0.118. The van der Waals surface area contributed by atoms with E-state index >= 15 is 0 Å². The van der Waals surface area contributed by atoms with Crippen LogP contribution in [0.4, 0.5) is 9.18 Å². The molecule has 1 fully saturated rings. The minimum Gasteiger partial charge on any atom is -0.494 e. The maximum atomic E-state index is 13.6. The zero-order valence-corrected chi connectivity index (χ0v) is 20.4. The smallest absolute Gasteiger partial charge is 0.322 e. The standard InChI is InChI=1S/C16H13N5O3.C10H10FNO2/c17-13-3-1-2-8(7-18-13)9-4-5-11-10(19-9)6-12(24-11)14-15(22)21-16(23)20-14;1-12-5-6-3-4-7(14-2)9(11)8(6)10(12)13/h2-7,14H,1,17H2,(H2,20,21,22,23);3-4H,5H2,1-2H3. The lowest BCUT2D eigenvalue weighted by molar-refractivity contribution is -0.120. The third-order valence-electron chi connectivity index (χ3n) is 6.15. The van der Waals surface area contributed by atoms with Gasteiger partial charge < -0.3 is 25.1 Å². The Morgan fingerprint density at radius 3 is 2.74 bits per heavy atom. The summed E-state index contributed by atoms with van der Waals surface area (Å²) in [6, 6.07) is 7.12. The van der Waals surface area contributed by atoms with Gasteiger partial charge >= 0.3 is 6.03 Å². The second-order valence-corrected chi connectivity index (χ2v) is 8.68. The Hall–Kier alpha value is -5.00. The van der Waals surface area contributed by atoms with Crippen LogP contribution >= 0.6 is 0 Å². The molecule has 6 rings (SSSR count). The van der Waals surface area contributed by atoms with Crippen molar-refractivity contribution < 1.29 is 27.9 Å². The van der Waals surface area contributed by atoms with Crippen molar-refractivity contribution >= 4 is 40.7 Å². The molecule has 0 saturated carbocycles. The summed E-state index contributed by atoms with van der Waals surface area (Å²) in [5.41, 5.74) is 9.25. The number of allylic oxidation sites excluding steroid dienone is 3. The maximum absolute atomic E-state index is 13.6. The number of hydrogen-bond donors (Lipinski definition) is 3. The number of aromatic nitrogens is 1. The van der Waals surface area contributed by atoms with Crippen LogP contribution < -0.4 is 21.1 Å². The number of imide groups is 1. The number of nitrogens with one attached hydrogen (secondary N) is 2. The predicted octanol–water partition coefficient (Wildman–Crippen LogP) is 2.79. The summed E-state index contributed by atoms with van der Waals surface area (Å²) >= 11 is 0. The highest BCUT2D eigenvalue weighted by Crippen LogP contribution is 2.30. The Morgan fingerprint density at radius 2 is 2.00 bits per heavy atom. The van der Waals surface area contributed by atoms with Crippen LogP contribution in [0, 0.1) is 5.82 Å². The Bertz CT molecular complexity index is 1570. The first-order chi connectivity index (χ1) is 18.2. The number of halogens is 1. The fourth-order valence-electron chi connectivity index (χ4n) is 4.23. The number of amides is 4. The SMILES string of the molecule is COc1ccc2c(c1F)C(=O)N(C)C2.NC1=CCC=C(c2ccc3oc(C4NC(=O)NC4=O)cc3n2)C=N1. The average molecular weight is 519 g/mol. The molecule has 194 valence electrons. The highest BCUT2D eigenvalue weighted by molar-refractivity contribution is 6.10. The molecule has 0 spiro atoms. The molecule has 4 amide bonds. The average Bonchev–Trinajstić information content (AvgIpc) is 3.50. The van der Waals surface area contributed by atoms with Crippen molar-refractivity contribution in [3.63, 3.8) is 0 Å². The molecule has 38 heavy (non-hydrogen) atoms. The number of nitrogens with two attached hydrogens (primary N) is 1. The van der Waals surface area contributed by atoms with Crippen LogP contribution in [-0.2, 0) is 11.3 Å². The van der Waals surface area contributed by atoms with E-state index in [0.717, 1.165) is 16.8 Å². The van der Waals surface area contributed by atoms with E-state index in [1.165, 1.54) is 12.0 Å². The van der Waals surface area contributed by atoms with Crippen LogP contribution in [0.3, 0.4) is 0 Å². The minimum atomic E-state index is -0.835. The fourth-order valence-corrected chi connectivity index (χ4v) is 4.23. The monoisotopic (exact) mass is 518 g/mol. The number of fused-ring (bicyclic) bond motifs is 2. The lowest BCUT2D eigenvalue weighted by Crippen LogP contribution is -2.22. The second kappa shape index (κ2) is 9.81. The lowest BCUT2D eigenvalue weighted by Gasteiger charge is -2.05. The van der Waals surface area contributed by atoms with Crippen molar-refractivity contribution in [1.82, 2.24) is 20.5 Å². The summed E-state index contributed by atoms with van der Waals surface area (Å²) in [6.07, 6.45) is 6.13. The van der Waals surface area contributed by atoms with Gasteiger partial charge in [-0.25, -0.2) is 19.2 Å². The normalized spacial score (nSPS) is 18.2. The van der Waals surface area contributed by atoms with E-state index in [0.29, 0.717) is 35.6 Å². The summed E-state index contributed by atoms with van der Waals surface area (Å²) in [6.45, 7) is 0.467. The number of methoxy groups -OCH3 is 1. The molecule has 0 radical (unpaired) electrons. The number of urea groups is 1. The van der Waals surface area contributed by atoms with E-state index in [-0.39, 0.29) is 17.2 Å². The molecule has 4 N–H and O–H groups in total. The number of carbonyl (C=O) groups is 3. The highest BCUT2D eigenvalue weighted by atomic mass is 19.1. The molecule has 5 heterocycles. The first-order valence-electron chi connectivity index (χ1n) is 11.6. The molecule has 2 aromatic heterocycles. The zero-order valence-electron chi connectivity index (χ0n) is 20.4. The summed E-state index contributed by atoms with van der Waals surface area (Å²) in [5.74, 6) is -0.356. The van der Waals surface area contributed by atoms with E-state index in [2.05, 4.69) is 20.6 Å². The van der Waals surface area contributed by atoms with Crippen LogP contribution in [0.15, 0.2) is 57.7 Å². The highest BCUT2D eigenvalue weighted by Gasteiger charge is 2.34. The number of pyridine rings is 1. The molecule has 1 aromatic carbocycles. The van der Waals surface area contributed by atoms with Crippen molar-refractivity contribution in [1.29, 1.82) is 0 Å². The fraction of sp³-hybridized carbons (Fsp3) is 0.192. The van der Waals surface area contributed by atoms with Crippen molar-refractivity contribution in [3.8, 4) is 5.75 Å². The van der Waals surface area contributed by atoms with Crippen molar-refractivity contribution in [2.45, 2.75) is 19.0 Å². The first-order valence-corrected chi connectivity index (χ1v) is 11.6. The van der Waals surface area contributed by atoms with Crippen molar-refractivity contribution in [2.24, 2.45) is 10.7 Å². The van der Waals surface area contributed by atoms with Gasteiger partial charge in [0.15, 0.2) is 23.2 Å². The summed E-state index contributed by atoms with van der Waals surface area (Å²) in [4.78, 5) is 44.6. The third-order valence-corrected chi connectivity index (χ3v) is 6.15. The van der Waals surface area contributed by atoms with E-state index in [9.17, 15) is 18.8 Å². The number of aliphatic imine (C=N–C) groups is 1. The van der Waals surface area contributed by atoms with Gasteiger partial charge in [0.1, 0.15) is 17.1 Å². The van der Waals surface area contributed by atoms with Gasteiger partial charge in [0.2, 0.25) is 0 Å². The molecule has 0 bridgehead atoms. The number of hydrogen-bond acceptors (Lipinski definition) is 8. The van der Waals surface area contributed by atoms with Crippen molar-refractivity contribution in [2.75, 3.05) is 14.2 Å². The molecule has 12 heteroatoms. The Balaban J connectivity index is 0.000000179. The van der Waals surface area contributed by atoms with Crippen LogP contribution in [-0.4, -0.2) is 48.1 Å².